The molecule has 0 fully saturated rings. The lowest BCUT2D eigenvalue weighted by molar-refractivity contribution is -0.112. The van der Waals surface area contributed by atoms with Crippen molar-refractivity contribution in [1.29, 1.82) is 0 Å². The Bertz CT molecular complexity index is 1390. The summed E-state index contributed by atoms with van der Waals surface area (Å²) in [7, 11) is 0. The Morgan fingerprint density at radius 1 is 0.719 bits per heavy atom. The van der Waals surface area contributed by atoms with Crippen LogP contribution in [0, 0.1) is 6.42 Å². The highest BCUT2D eigenvalue weighted by Gasteiger charge is 2.13. The Hall–Kier alpha value is -4.11. The molecule has 0 saturated heterocycles. The van der Waals surface area contributed by atoms with E-state index in [2.05, 4.69) is 5.32 Å². The average Bonchev–Trinajstić information content (AvgIpc) is 2.83. The van der Waals surface area contributed by atoms with Crippen LogP contribution in [0.15, 0.2) is 109 Å². The standard InChI is InChI=1S/C29H22NO2/c31-29(19-25-15-8-14-22-11-6-7-16-26(22)25)30-27-17-23-12-4-5-13-24(23)18-28(27)32-20-21-9-2-1-3-10-21/h1-19H,20H2,(H,30,31). The van der Waals surface area contributed by atoms with Gasteiger partial charge in [-0.05, 0) is 44.8 Å². The summed E-state index contributed by atoms with van der Waals surface area (Å²) in [5.41, 5.74) is 2.61. The second-order valence-corrected chi connectivity index (χ2v) is 7.67. The fourth-order valence-electron chi connectivity index (χ4n) is 3.86. The minimum atomic E-state index is -0.193. The zero-order valence-electron chi connectivity index (χ0n) is 17.5. The number of benzene rings is 5. The third-order valence-electron chi connectivity index (χ3n) is 5.45. The van der Waals surface area contributed by atoms with Crippen LogP contribution in [0.1, 0.15) is 11.1 Å². The van der Waals surface area contributed by atoms with Crippen LogP contribution in [0.25, 0.3) is 21.5 Å². The third kappa shape index (κ3) is 4.33. The molecular weight excluding hydrogens is 394 g/mol. The SMILES string of the molecule is O=C([CH]c1cccc2ccccc12)Nc1cc2ccccc2cc1OCc1ccccc1. The molecule has 1 radical (unpaired) electrons. The van der Waals surface area contributed by atoms with Crippen molar-refractivity contribution >= 4 is 33.1 Å². The van der Waals surface area contributed by atoms with E-state index in [1.54, 1.807) is 6.42 Å². The zero-order valence-corrected chi connectivity index (χ0v) is 17.5. The van der Waals surface area contributed by atoms with E-state index in [1.807, 2.05) is 109 Å². The van der Waals surface area contributed by atoms with Crippen LogP contribution in [0.4, 0.5) is 5.69 Å². The van der Waals surface area contributed by atoms with Gasteiger partial charge in [-0.3, -0.25) is 4.79 Å². The first kappa shape index (κ1) is 19.8. The number of anilines is 1. The number of carbonyl (C=O) groups excluding carboxylic acids is 1. The molecule has 3 heteroatoms. The van der Waals surface area contributed by atoms with Crippen molar-refractivity contribution in [3.8, 4) is 5.75 Å². The molecule has 5 aromatic carbocycles. The zero-order chi connectivity index (χ0) is 21.8. The monoisotopic (exact) mass is 416 g/mol. The first-order chi connectivity index (χ1) is 15.8. The van der Waals surface area contributed by atoms with Crippen LogP contribution in [0.5, 0.6) is 5.75 Å². The molecule has 155 valence electrons. The van der Waals surface area contributed by atoms with Gasteiger partial charge in [0.25, 0.3) is 0 Å². The predicted molar refractivity (Wildman–Crippen MR) is 131 cm³/mol. The summed E-state index contributed by atoms with van der Waals surface area (Å²) in [6.07, 6.45) is 1.64. The Balaban J connectivity index is 1.42. The molecule has 1 amide bonds. The summed E-state index contributed by atoms with van der Waals surface area (Å²) >= 11 is 0. The predicted octanol–water partition coefficient (Wildman–Crippen LogP) is 6.76. The van der Waals surface area contributed by atoms with Crippen molar-refractivity contribution in [3.63, 3.8) is 0 Å². The summed E-state index contributed by atoms with van der Waals surface area (Å²) in [6, 6.07) is 36.0. The van der Waals surface area contributed by atoms with E-state index in [0.29, 0.717) is 18.0 Å². The summed E-state index contributed by atoms with van der Waals surface area (Å²) in [4.78, 5) is 13.0. The number of nitrogens with one attached hydrogen (secondary N) is 1. The van der Waals surface area contributed by atoms with Gasteiger partial charge in [-0.2, -0.15) is 0 Å². The van der Waals surface area contributed by atoms with Crippen molar-refractivity contribution in [2.24, 2.45) is 0 Å². The maximum atomic E-state index is 13.0. The van der Waals surface area contributed by atoms with Gasteiger partial charge in [0.1, 0.15) is 12.4 Å². The number of rotatable bonds is 6. The van der Waals surface area contributed by atoms with Crippen LogP contribution in [-0.2, 0) is 11.4 Å². The van der Waals surface area contributed by atoms with Crippen molar-refractivity contribution in [1.82, 2.24) is 0 Å². The lowest BCUT2D eigenvalue weighted by atomic mass is 10.0. The molecule has 0 bridgehead atoms. The molecule has 0 spiro atoms. The fraction of sp³-hybridized carbons (Fsp3) is 0.0345. The number of fused-ring (bicyclic) bond motifs is 2. The van der Waals surface area contributed by atoms with Gasteiger partial charge in [0.05, 0.1) is 12.1 Å². The lowest BCUT2D eigenvalue weighted by Crippen LogP contribution is -2.14. The quantitative estimate of drug-likeness (QED) is 0.332. The number of carbonyl (C=O) groups is 1. The Labute approximate surface area is 187 Å². The average molecular weight is 417 g/mol. The van der Waals surface area contributed by atoms with Gasteiger partial charge < -0.3 is 10.1 Å². The van der Waals surface area contributed by atoms with Gasteiger partial charge in [-0.25, -0.2) is 0 Å². The Morgan fingerprint density at radius 2 is 1.38 bits per heavy atom. The molecule has 0 aromatic heterocycles. The first-order valence-electron chi connectivity index (χ1n) is 10.6. The third-order valence-corrected chi connectivity index (χ3v) is 5.45. The topological polar surface area (TPSA) is 38.3 Å². The highest BCUT2D eigenvalue weighted by molar-refractivity contribution is 6.05. The van der Waals surface area contributed by atoms with Crippen molar-refractivity contribution in [2.45, 2.75) is 6.61 Å². The number of hydrogen-bond acceptors (Lipinski definition) is 2. The Morgan fingerprint density at radius 3 is 2.19 bits per heavy atom. The normalized spacial score (nSPS) is 10.9. The molecule has 0 atom stereocenters. The van der Waals surface area contributed by atoms with Crippen molar-refractivity contribution in [3.05, 3.63) is 127 Å². The molecule has 32 heavy (non-hydrogen) atoms. The summed E-state index contributed by atoms with van der Waals surface area (Å²) < 4.78 is 6.12. The van der Waals surface area contributed by atoms with Gasteiger partial charge in [-0.1, -0.05) is 97.1 Å². The molecule has 0 aliphatic carbocycles. The van der Waals surface area contributed by atoms with Crippen molar-refractivity contribution in [2.75, 3.05) is 5.32 Å². The van der Waals surface area contributed by atoms with Crippen LogP contribution in [-0.4, -0.2) is 5.91 Å². The van der Waals surface area contributed by atoms with Gasteiger partial charge in [0, 0.05) is 0 Å². The van der Waals surface area contributed by atoms with E-state index in [9.17, 15) is 4.79 Å². The molecule has 0 aliphatic rings. The largest absolute Gasteiger partial charge is 0.487 e. The minimum absolute atomic E-state index is 0.193. The molecule has 3 nitrogen and oxygen atoms in total. The molecule has 5 aromatic rings. The van der Waals surface area contributed by atoms with Gasteiger partial charge in [0.2, 0.25) is 5.91 Å². The van der Waals surface area contributed by atoms with E-state index in [0.717, 1.165) is 32.7 Å². The van der Waals surface area contributed by atoms with Crippen LogP contribution in [0.3, 0.4) is 0 Å². The highest BCUT2D eigenvalue weighted by atomic mass is 16.5. The maximum absolute atomic E-state index is 13.0. The number of amides is 1. The minimum Gasteiger partial charge on any atom is -0.487 e. The Kier molecular flexibility index (Phi) is 5.54. The van der Waals surface area contributed by atoms with Crippen LogP contribution in [0.2, 0.25) is 0 Å². The molecule has 0 heterocycles. The molecule has 5 rings (SSSR count). The van der Waals surface area contributed by atoms with Crippen LogP contribution >= 0.6 is 0 Å². The fourth-order valence-corrected chi connectivity index (χ4v) is 3.86. The van der Waals surface area contributed by atoms with E-state index < -0.39 is 0 Å². The molecule has 1 N–H and O–H groups in total. The molecule has 0 unspecified atom stereocenters. The number of ether oxygens (including phenoxy) is 1. The first-order valence-corrected chi connectivity index (χ1v) is 10.6. The summed E-state index contributed by atoms with van der Waals surface area (Å²) in [5, 5.41) is 7.28. The van der Waals surface area contributed by atoms with E-state index >= 15 is 0 Å². The number of hydrogen-bond donors (Lipinski definition) is 1. The van der Waals surface area contributed by atoms with Gasteiger partial charge in [0.15, 0.2) is 0 Å². The van der Waals surface area contributed by atoms with Crippen LogP contribution < -0.4 is 10.1 Å². The van der Waals surface area contributed by atoms with Crippen molar-refractivity contribution < 1.29 is 9.53 Å². The van der Waals surface area contributed by atoms with E-state index in [-0.39, 0.29) is 5.91 Å². The summed E-state index contributed by atoms with van der Waals surface area (Å²) in [5.74, 6) is 0.452. The molecular formula is C29H22NO2. The smallest absolute Gasteiger partial charge is 0.233 e. The van der Waals surface area contributed by atoms with Gasteiger partial charge >= 0.3 is 0 Å². The lowest BCUT2D eigenvalue weighted by Gasteiger charge is -2.15. The second-order valence-electron chi connectivity index (χ2n) is 7.67. The molecule has 0 aliphatic heterocycles. The second kappa shape index (κ2) is 8.94. The highest BCUT2D eigenvalue weighted by Crippen LogP contribution is 2.32. The summed E-state index contributed by atoms with van der Waals surface area (Å²) in [6.45, 7) is 0.426. The van der Waals surface area contributed by atoms with Gasteiger partial charge in [-0.15, -0.1) is 0 Å². The maximum Gasteiger partial charge on any atom is 0.233 e. The van der Waals surface area contributed by atoms with E-state index in [1.165, 1.54) is 0 Å². The molecule has 0 saturated carbocycles. The van der Waals surface area contributed by atoms with E-state index in [4.69, 9.17) is 4.74 Å².